The van der Waals surface area contributed by atoms with Gasteiger partial charge in [0, 0.05) is 13.1 Å². The van der Waals surface area contributed by atoms with Crippen molar-refractivity contribution in [3.8, 4) is 0 Å². The van der Waals surface area contributed by atoms with Gasteiger partial charge in [0.25, 0.3) is 0 Å². The molecule has 72 valence electrons. The number of rotatable bonds is 3. The summed E-state index contributed by atoms with van der Waals surface area (Å²) in [6, 6.07) is 0. The Hall–Kier alpha value is -0.0400. The first-order valence-electron chi connectivity index (χ1n) is 5.44. The van der Waals surface area contributed by atoms with E-state index in [1.54, 1.807) is 0 Å². The standard InChI is InChI=1S/C11H23N/c1-4-5-6-12-8-10(2)7-11(3)9-12/h10-11H,4-9H2,1-3H3. The van der Waals surface area contributed by atoms with Crippen molar-refractivity contribution < 1.29 is 0 Å². The highest BCUT2D eigenvalue weighted by Crippen LogP contribution is 2.20. The molecule has 0 radical (unpaired) electrons. The summed E-state index contributed by atoms with van der Waals surface area (Å²) in [7, 11) is 0. The third-order valence-corrected chi connectivity index (χ3v) is 2.77. The first-order chi connectivity index (χ1) is 5.72. The Morgan fingerprint density at radius 1 is 1.17 bits per heavy atom. The molecule has 1 nitrogen and oxygen atoms in total. The second-order valence-electron chi connectivity index (χ2n) is 4.56. The number of unbranched alkanes of at least 4 members (excludes halogenated alkanes) is 1. The van der Waals surface area contributed by atoms with Crippen LogP contribution < -0.4 is 0 Å². The van der Waals surface area contributed by atoms with Crippen LogP contribution in [0.2, 0.25) is 0 Å². The summed E-state index contributed by atoms with van der Waals surface area (Å²) in [5, 5.41) is 0. The van der Waals surface area contributed by atoms with E-state index in [0.29, 0.717) is 0 Å². The Morgan fingerprint density at radius 3 is 2.25 bits per heavy atom. The van der Waals surface area contributed by atoms with Crippen LogP contribution in [0.15, 0.2) is 0 Å². The predicted molar refractivity (Wildman–Crippen MR) is 54.3 cm³/mol. The molecule has 1 fully saturated rings. The molecule has 0 bridgehead atoms. The van der Waals surface area contributed by atoms with Crippen molar-refractivity contribution in [2.45, 2.75) is 40.0 Å². The molecule has 1 aliphatic rings. The normalized spacial score (nSPS) is 32.2. The number of likely N-dealkylation sites (tertiary alicyclic amines) is 1. The lowest BCUT2D eigenvalue weighted by Crippen LogP contribution is -2.39. The lowest BCUT2D eigenvalue weighted by molar-refractivity contribution is 0.139. The minimum Gasteiger partial charge on any atom is -0.303 e. The van der Waals surface area contributed by atoms with Crippen LogP contribution in [0.1, 0.15) is 40.0 Å². The quantitative estimate of drug-likeness (QED) is 0.628. The van der Waals surface area contributed by atoms with Gasteiger partial charge < -0.3 is 4.90 Å². The van der Waals surface area contributed by atoms with Crippen LogP contribution in [0.25, 0.3) is 0 Å². The SMILES string of the molecule is CCCCN1CC(C)CC(C)C1. The third-order valence-electron chi connectivity index (χ3n) is 2.77. The average Bonchev–Trinajstić information content (AvgIpc) is 1.99. The van der Waals surface area contributed by atoms with Gasteiger partial charge in [-0.15, -0.1) is 0 Å². The molecule has 0 aromatic heterocycles. The molecule has 0 N–H and O–H groups in total. The Kier molecular flexibility index (Phi) is 4.07. The minimum absolute atomic E-state index is 0.922. The predicted octanol–water partition coefficient (Wildman–Crippen LogP) is 2.76. The van der Waals surface area contributed by atoms with Crippen LogP contribution in [-0.2, 0) is 0 Å². The lowest BCUT2D eigenvalue weighted by Gasteiger charge is -2.34. The summed E-state index contributed by atoms with van der Waals surface area (Å²) < 4.78 is 0. The van der Waals surface area contributed by atoms with E-state index in [4.69, 9.17) is 0 Å². The summed E-state index contributed by atoms with van der Waals surface area (Å²) in [6.07, 6.45) is 4.14. The van der Waals surface area contributed by atoms with Crippen molar-refractivity contribution in [1.82, 2.24) is 4.90 Å². The van der Waals surface area contributed by atoms with Gasteiger partial charge in [-0.25, -0.2) is 0 Å². The maximum Gasteiger partial charge on any atom is 0.000724 e. The van der Waals surface area contributed by atoms with Crippen molar-refractivity contribution in [2.24, 2.45) is 11.8 Å². The second kappa shape index (κ2) is 4.86. The first kappa shape index (κ1) is 10.0. The van der Waals surface area contributed by atoms with Crippen LogP contribution in [0.3, 0.4) is 0 Å². The highest BCUT2D eigenvalue weighted by molar-refractivity contribution is 4.74. The van der Waals surface area contributed by atoms with E-state index in [1.807, 2.05) is 0 Å². The molecule has 0 amide bonds. The highest BCUT2D eigenvalue weighted by atomic mass is 15.1. The van der Waals surface area contributed by atoms with Crippen LogP contribution in [0.5, 0.6) is 0 Å². The fourth-order valence-corrected chi connectivity index (χ4v) is 2.36. The summed E-state index contributed by atoms with van der Waals surface area (Å²) >= 11 is 0. The van der Waals surface area contributed by atoms with Crippen molar-refractivity contribution >= 4 is 0 Å². The van der Waals surface area contributed by atoms with Crippen LogP contribution in [0.4, 0.5) is 0 Å². The van der Waals surface area contributed by atoms with Crippen LogP contribution in [-0.4, -0.2) is 24.5 Å². The summed E-state index contributed by atoms with van der Waals surface area (Å²) in [6.45, 7) is 11.0. The molecule has 2 unspecified atom stereocenters. The van der Waals surface area contributed by atoms with Gasteiger partial charge in [-0.2, -0.15) is 0 Å². The molecule has 12 heavy (non-hydrogen) atoms. The first-order valence-corrected chi connectivity index (χ1v) is 5.44. The van der Waals surface area contributed by atoms with E-state index >= 15 is 0 Å². The molecule has 1 saturated heterocycles. The summed E-state index contributed by atoms with van der Waals surface area (Å²) in [4.78, 5) is 2.64. The molecule has 0 aromatic rings. The molecule has 0 spiro atoms. The Labute approximate surface area is 77.1 Å². The number of hydrogen-bond acceptors (Lipinski definition) is 1. The Bertz CT molecular complexity index is 112. The Balaban J connectivity index is 2.24. The van der Waals surface area contributed by atoms with Crippen molar-refractivity contribution in [1.29, 1.82) is 0 Å². The molecule has 1 heterocycles. The van der Waals surface area contributed by atoms with Gasteiger partial charge in [-0.3, -0.25) is 0 Å². The molecular formula is C11H23N. The molecular weight excluding hydrogens is 146 g/mol. The van der Waals surface area contributed by atoms with E-state index in [2.05, 4.69) is 25.7 Å². The van der Waals surface area contributed by atoms with E-state index in [1.165, 1.54) is 38.9 Å². The van der Waals surface area contributed by atoms with Crippen molar-refractivity contribution in [3.05, 3.63) is 0 Å². The monoisotopic (exact) mass is 169 g/mol. The topological polar surface area (TPSA) is 3.24 Å². The van der Waals surface area contributed by atoms with Gasteiger partial charge in [0.2, 0.25) is 0 Å². The minimum atomic E-state index is 0.922. The number of piperidine rings is 1. The summed E-state index contributed by atoms with van der Waals surface area (Å²) in [5.74, 6) is 1.84. The number of hydrogen-bond donors (Lipinski definition) is 0. The van der Waals surface area contributed by atoms with Crippen LogP contribution in [0, 0.1) is 11.8 Å². The molecule has 0 aromatic carbocycles. The van der Waals surface area contributed by atoms with Gasteiger partial charge >= 0.3 is 0 Å². The second-order valence-corrected chi connectivity index (χ2v) is 4.56. The highest BCUT2D eigenvalue weighted by Gasteiger charge is 2.20. The largest absolute Gasteiger partial charge is 0.303 e. The molecule has 2 atom stereocenters. The molecule has 0 aliphatic carbocycles. The smallest absolute Gasteiger partial charge is 0.000724 e. The molecule has 1 aliphatic heterocycles. The van der Waals surface area contributed by atoms with Crippen LogP contribution >= 0.6 is 0 Å². The maximum absolute atomic E-state index is 2.64. The lowest BCUT2D eigenvalue weighted by atomic mass is 9.92. The third kappa shape index (κ3) is 3.14. The molecule has 1 rings (SSSR count). The Morgan fingerprint density at radius 2 is 1.75 bits per heavy atom. The van der Waals surface area contributed by atoms with Gasteiger partial charge in [-0.05, 0) is 31.2 Å². The summed E-state index contributed by atoms with van der Waals surface area (Å²) in [5.41, 5.74) is 0. The van der Waals surface area contributed by atoms with E-state index in [9.17, 15) is 0 Å². The van der Waals surface area contributed by atoms with E-state index < -0.39 is 0 Å². The van der Waals surface area contributed by atoms with Gasteiger partial charge in [0.1, 0.15) is 0 Å². The zero-order valence-electron chi connectivity index (χ0n) is 8.84. The zero-order chi connectivity index (χ0) is 8.97. The number of nitrogens with zero attached hydrogens (tertiary/aromatic N) is 1. The van der Waals surface area contributed by atoms with E-state index in [-0.39, 0.29) is 0 Å². The fraction of sp³-hybridized carbons (Fsp3) is 1.00. The van der Waals surface area contributed by atoms with Crippen molar-refractivity contribution in [2.75, 3.05) is 19.6 Å². The van der Waals surface area contributed by atoms with Gasteiger partial charge in [0.05, 0.1) is 0 Å². The average molecular weight is 169 g/mol. The van der Waals surface area contributed by atoms with E-state index in [0.717, 1.165) is 11.8 Å². The van der Waals surface area contributed by atoms with Gasteiger partial charge in [-0.1, -0.05) is 27.2 Å². The molecule has 0 saturated carbocycles. The molecule has 1 heteroatoms. The van der Waals surface area contributed by atoms with Gasteiger partial charge in [0.15, 0.2) is 0 Å². The maximum atomic E-state index is 2.64. The van der Waals surface area contributed by atoms with Crippen molar-refractivity contribution in [3.63, 3.8) is 0 Å². The zero-order valence-corrected chi connectivity index (χ0v) is 8.84. The fourth-order valence-electron chi connectivity index (χ4n) is 2.36.